The van der Waals surface area contributed by atoms with E-state index in [2.05, 4.69) is 52.1 Å². The molecule has 7 N–H and O–H groups in total. The maximum absolute atomic E-state index is 13.0. The van der Waals surface area contributed by atoms with Gasteiger partial charge in [-0.1, -0.05) is 222 Å². The Kier molecular flexibility index (Phi) is 35.3. The molecule has 34 heteroatoms. The highest BCUT2D eigenvalue weighted by Gasteiger charge is 2.30. The molecule has 139 heavy (non-hydrogen) atoms. The molecule has 0 aliphatic heterocycles. The fourth-order valence-corrected chi connectivity index (χ4v) is 15.7. The molecule has 0 unspecified atom stereocenters. The Balaban J connectivity index is 0.000000166. The summed E-state index contributed by atoms with van der Waals surface area (Å²) >= 11 is 30.6. The number of hydrogen-bond donors (Lipinski definition) is 7. The van der Waals surface area contributed by atoms with Crippen LogP contribution in [0.15, 0.2) is 267 Å². The van der Waals surface area contributed by atoms with E-state index in [1.54, 1.807) is 63.2 Å². The first-order valence-electron chi connectivity index (χ1n) is 43.7. The maximum Gasteiger partial charge on any atom is 0.337 e. The molecule has 0 radical (unpaired) electrons. The smallest absolute Gasteiger partial charge is 0.337 e. The number of ketones is 5. The van der Waals surface area contributed by atoms with Crippen LogP contribution in [0, 0.1) is 20.8 Å². The van der Waals surface area contributed by atoms with Gasteiger partial charge in [0.2, 0.25) is 0 Å². The predicted octanol–water partition coefficient (Wildman–Crippen LogP) is 23.0. The zero-order valence-corrected chi connectivity index (χ0v) is 81.6. The molecule has 0 aliphatic carbocycles. The van der Waals surface area contributed by atoms with Gasteiger partial charge in [-0.25, -0.2) is 33.0 Å². The van der Waals surface area contributed by atoms with Crippen molar-refractivity contribution in [1.82, 2.24) is 48.9 Å². The first-order valence-corrected chi connectivity index (χ1v) is 45.6. The number of aromatic nitrogens is 10. The number of benzene rings is 10. The molecule has 0 saturated carbocycles. The third-order valence-electron chi connectivity index (χ3n) is 21.5. The number of carboxylic acid groups (broad SMARTS) is 2. The van der Waals surface area contributed by atoms with Crippen molar-refractivity contribution < 1.29 is 43.8 Å². The maximum atomic E-state index is 13.0. The van der Waals surface area contributed by atoms with Gasteiger partial charge in [0.25, 0.3) is 27.8 Å². The first-order chi connectivity index (χ1) is 66.4. The van der Waals surface area contributed by atoms with Gasteiger partial charge in [-0.2, -0.15) is 25.5 Å². The third-order valence-corrected chi connectivity index (χ3v) is 22.9. The van der Waals surface area contributed by atoms with Gasteiger partial charge in [-0.15, -0.1) is 0 Å². The summed E-state index contributed by atoms with van der Waals surface area (Å²) in [5, 5.41) is 57.4. The van der Waals surface area contributed by atoms with Crippen LogP contribution in [0.2, 0.25) is 25.1 Å². The number of aryl methyl sites for hydroxylation is 8. The van der Waals surface area contributed by atoms with E-state index in [9.17, 15) is 57.5 Å². The van der Waals surface area contributed by atoms with E-state index in [1.807, 2.05) is 204 Å². The second kappa shape index (κ2) is 47.2. The minimum absolute atomic E-state index is 0.0139. The van der Waals surface area contributed by atoms with Crippen LogP contribution in [0.3, 0.4) is 0 Å². The van der Waals surface area contributed by atoms with Crippen molar-refractivity contribution >= 4 is 156 Å². The summed E-state index contributed by atoms with van der Waals surface area (Å²) in [6.07, 6.45) is 0. The van der Waals surface area contributed by atoms with Gasteiger partial charge in [0, 0.05) is 87.6 Å². The lowest BCUT2D eigenvalue weighted by molar-refractivity contribution is 0.0686. The number of halogens is 5. The predicted molar refractivity (Wildman–Crippen MR) is 550 cm³/mol. The molecule has 0 amide bonds. The van der Waals surface area contributed by atoms with Crippen LogP contribution in [0.5, 0.6) is 0 Å². The molecule has 710 valence electrons. The van der Waals surface area contributed by atoms with Crippen molar-refractivity contribution in [2.75, 3.05) is 26.6 Å². The molecule has 0 fully saturated rings. The Morgan fingerprint density at radius 3 is 0.906 bits per heavy atom. The van der Waals surface area contributed by atoms with Crippen molar-refractivity contribution in [2.45, 2.75) is 123 Å². The number of aromatic carboxylic acids is 2. The second-order valence-electron chi connectivity index (χ2n) is 31.2. The van der Waals surface area contributed by atoms with Gasteiger partial charge < -0.3 is 36.8 Å². The Labute approximate surface area is 823 Å². The molecule has 5 heterocycles. The lowest BCUT2D eigenvalue weighted by atomic mass is 10.0. The Morgan fingerprint density at radius 2 is 0.597 bits per heavy atom. The van der Waals surface area contributed by atoms with Crippen molar-refractivity contribution in [3.8, 4) is 56.3 Å². The highest BCUT2D eigenvalue weighted by atomic mass is 35.5. The van der Waals surface area contributed by atoms with Crippen LogP contribution in [-0.2, 0) is 32.7 Å². The van der Waals surface area contributed by atoms with E-state index in [-0.39, 0.29) is 112 Å². The number of carboxylic acids is 2. The Morgan fingerprint density at radius 1 is 0.288 bits per heavy atom. The van der Waals surface area contributed by atoms with Crippen LogP contribution in [0.25, 0.3) is 56.3 Å². The SMILES string of the molecule is CCn1nc(-c2ccccc2)c(C(C)=O)c(Nc2cc(C)ccc2Cl)c1=O.CCn1nc(-c2ccccc2)c(C(C)=O)c(Nc2cc(Cl)ccc2C)c1=O.CCn1nc(-c2ccccc2)c(C(C)=O)c(Nc2ccc(C(=O)O)c(Cl)c2)c1=O.CCn1nc(-c2ccccc2)c(C(C)=O)c(Nc2ccc(C(=O)O)cc2C)c1=O.CCn1nc(-c2ccccc2)c(C(C)=O)c(Nc2ccc(Cl)cc2Cl)c1=O. The second-order valence-corrected chi connectivity index (χ2v) is 33.3. The molecule has 5 aromatic heterocycles. The topological polar surface area (TPSA) is 395 Å². The molecule has 15 rings (SSSR count). The van der Waals surface area contributed by atoms with Gasteiger partial charge in [0.1, 0.15) is 56.9 Å². The van der Waals surface area contributed by atoms with E-state index in [1.165, 1.54) is 88.4 Å². The van der Waals surface area contributed by atoms with Gasteiger partial charge in [-0.3, -0.25) is 47.9 Å². The highest BCUT2D eigenvalue weighted by molar-refractivity contribution is 6.37. The minimum atomic E-state index is -1.16. The number of Topliss-reactive ketones (excluding diaryl/α,β-unsaturated/α-hetero) is 5. The van der Waals surface area contributed by atoms with Crippen LogP contribution in [0.1, 0.15) is 158 Å². The van der Waals surface area contributed by atoms with Crippen LogP contribution < -0.4 is 54.4 Å². The molecule has 15 aromatic rings. The van der Waals surface area contributed by atoms with Crippen molar-refractivity contribution in [2.24, 2.45) is 0 Å². The van der Waals surface area contributed by atoms with E-state index in [4.69, 9.17) is 68.2 Å². The molecule has 0 atom stereocenters. The Hall–Kier alpha value is -15.7. The summed E-state index contributed by atoms with van der Waals surface area (Å²) in [6, 6.07) is 70.8. The summed E-state index contributed by atoms with van der Waals surface area (Å²) in [6.45, 7) is 23.5. The highest BCUT2D eigenvalue weighted by Crippen LogP contribution is 2.38. The lowest BCUT2D eigenvalue weighted by Crippen LogP contribution is -2.28. The van der Waals surface area contributed by atoms with E-state index >= 15 is 0 Å². The number of carbonyl (C=O) groups is 7. The fourth-order valence-electron chi connectivity index (χ4n) is 14.6. The summed E-state index contributed by atoms with van der Waals surface area (Å²) in [7, 11) is 0. The van der Waals surface area contributed by atoms with Crippen molar-refractivity contribution in [3.05, 3.63) is 375 Å². The van der Waals surface area contributed by atoms with Gasteiger partial charge >= 0.3 is 11.9 Å². The van der Waals surface area contributed by atoms with E-state index in [0.29, 0.717) is 121 Å². The number of nitrogens with one attached hydrogen (secondary N) is 5. The quantitative estimate of drug-likeness (QED) is 0.0235. The van der Waals surface area contributed by atoms with Gasteiger partial charge in [0.15, 0.2) is 28.9 Å². The van der Waals surface area contributed by atoms with Gasteiger partial charge in [-0.05, 0) is 186 Å². The molecular weight excluding hydrogens is 1870 g/mol. The third kappa shape index (κ3) is 24.8. The monoisotopic (exact) mass is 1970 g/mol. The standard InChI is InChI=1S/C22H21N3O4.C21H18ClN3O4.2C21H20ClN3O2.C20H17Cl2N3O2/c1-4-25-21(27)20(23-17-11-10-16(22(28)29)12-13(17)2)18(14(3)26)19(24-25)15-8-6-5-7-9-15;1-3-25-20(27)19(23-14-9-10-15(21(28)29)16(22)11-14)17(12(2)26)18(24-25)13-7-5-4-6-8-13;1-4-25-21(27)20(23-17-12-16(22)11-10-13(17)2)18(14(3)26)19(24-25)15-8-6-5-7-9-15;1-4-25-21(27)20(23-17-12-13(2)10-11-16(17)22)18(14(3)26)19(24-25)15-8-6-5-7-9-15;1-3-25-20(27)19(23-16-10-9-14(21)11-15(16)22)17(12(2)26)18(24-25)13-7-5-4-6-8-13/h5-12,23H,4H2,1-3H3,(H,28,29);4-11,23H,3H2,1-2H3,(H,28,29);2*5-12,23H,4H2,1-3H3;4-11,23H,3H2,1-2H3. The average Bonchev–Trinajstić information content (AvgIpc) is 0.785. The Bertz CT molecular complexity index is 7380. The zero-order valence-electron chi connectivity index (χ0n) is 77.8. The van der Waals surface area contributed by atoms with E-state index < -0.39 is 28.6 Å². The van der Waals surface area contributed by atoms with Crippen molar-refractivity contribution in [1.29, 1.82) is 0 Å². The van der Waals surface area contributed by atoms with Crippen LogP contribution in [-0.4, -0.2) is 100.0 Å². The lowest BCUT2D eigenvalue weighted by Gasteiger charge is -2.17. The summed E-state index contributed by atoms with van der Waals surface area (Å²) < 4.78 is 6.60. The van der Waals surface area contributed by atoms with E-state index in [0.717, 1.165) is 33.4 Å². The summed E-state index contributed by atoms with van der Waals surface area (Å²) in [4.78, 5) is 150. The molecule has 0 spiro atoms. The molecule has 0 bridgehead atoms. The molecule has 0 saturated heterocycles. The molecule has 0 aliphatic rings. The molecule has 29 nitrogen and oxygen atoms in total. The zero-order chi connectivity index (χ0) is 101. The number of nitrogens with zero attached hydrogens (tertiary/aromatic N) is 10. The van der Waals surface area contributed by atoms with Gasteiger partial charge in [0.05, 0.1) is 65.4 Å². The minimum Gasteiger partial charge on any atom is -0.478 e. The largest absolute Gasteiger partial charge is 0.478 e. The first kappa shape index (κ1) is 104. The van der Waals surface area contributed by atoms with Crippen LogP contribution >= 0.6 is 58.0 Å². The van der Waals surface area contributed by atoms with Crippen LogP contribution in [0.4, 0.5) is 56.9 Å². The summed E-state index contributed by atoms with van der Waals surface area (Å²) in [5.41, 5.74) is 11.0. The fraction of sp³-hybridized carbons (Fsp3) is 0.171. The average molecular weight is 1970 g/mol. The number of carbonyl (C=O) groups excluding carboxylic acids is 5. The normalized spacial score (nSPS) is 10.6. The van der Waals surface area contributed by atoms with Crippen molar-refractivity contribution in [3.63, 3.8) is 0 Å². The number of hydrogen-bond acceptors (Lipinski definition) is 22. The summed E-state index contributed by atoms with van der Waals surface area (Å²) in [5.74, 6) is -3.56. The molecule has 10 aromatic carbocycles. The number of anilines is 10. The number of rotatable bonds is 27. The molecular formula is C105H96Cl5N15O14.